The molecule has 94 valence electrons. The van der Waals surface area contributed by atoms with Gasteiger partial charge in [-0.3, -0.25) is 4.79 Å². The van der Waals surface area contributed by atoms with Crippen LogP contribution in [-0.4, -0.2) is 17.7 Å². The molecule has 0 aliphatic carbocycles. The molecule has 0 saturated heterocycles. The molecule has 0 radical (unpaired) electrons. The van der Waals surface area contributed by atoms with Crippen LogP contribution in [0.15, 0.2) is 24.3 Å². The third-order valence-electron chi connectivity index (χ3n) is 1.92. The van der Waals surface area contributed by atoms with Crippen molar-refractivity contribution in [1.29, 1.82) is 0 Å². The predicted octanol–water partition coefficient (Wildman–Crippen LogP) is 2.51. The molecule has 1 aromatic carbocycles. The minimum absolute atomic E-state index is 0.0826. The molecule has 0 aliphatic rings. The number of ether oxygens (including phenoxy) is 1. The second kappa shape index (κ2) is 4.37. The van der Waals surface area contributed by atoms with Crippen LogP contribution in [0.25, 0.3) is 0 Å². The number of alkyl halides is 3. The molecular weight excluding hydrogens is 235 g/mol. The Hall–Kier alpha value is -1.56. The lowest BCUT2D eigenvalue weighted by Gasteiger charge is -2.17. The van der Waals surface area contributed by atoms with Crippen LogP contribution < -0.4 is 10.5 Å². The van der Waals surface area contributed by atoms with E-state index in [0.29, 0.717) is 0 Å². The van der Waals surface area contributed by atoms with Gasteiger partial charge < -0.3 is 10.5 Å². The molecule has 3 nitrogen and oxygen atoms in total. The minimum Gasteiger partial charge on any atom is -0.406 e. The molecule has 0 saturated carbocycles. The summed E-state index contributed by atoms with van der Waals surface area (Å²) in [6, 6.07) is 4.83. The van der Waals surface area contributed by atoms with Crippen LogP contribution in [0.2, 0.25) is 0 Å². The Balaban J connectivity index is 2.98. The number of rotatable bonds is 3. The highest BCUT2D eigenvalue weighted by molar-refractivity contribution is 6.02. The molecule has 1 aromatic rings. The fourth-order valence-corrected chi connectivity index (χ4v) is 1.21. The zero-order valence-corrected chi connectivity index (χ0v) is 9.34. The average molecular weight is 247 g/mol. The lowest BCUT2D eigenvalue weighted by Crippen LogP contribution is -2.41. The molecule has 0 amide bonds. The zero-order valence-electron chi connectivity index (χ0n) is 9.34. The third kappa shape index (κ3) is 4.07. The summed E-state index contributed by atoms with van der Waals surface area (Å²) in [5.41, 5.74) is 4.52. The van der Waals surface area contributed by atoms with E-state index in [2.05, 4.69) is 4.74 Å². The maximum Gasteiger partial charge on any atom is 0.573 e. The molecule has 0 aromatic heterocycles. The van der Waals surface area contributed by atoms with E-state index in [-0.39, 0.29) is 5.56 Å². The molecule has 0 atom stereocenters. The molecule has 0 unspecified atom stereocenters. The van der Waals surface area contributed by atoms with Gasteiger partial charge in [-0.2, -0.15) is 0 Å². The monoisotopic (exact) mass is 247 g/mol. The van der Waals surface area contributed by atoms with E-state index in [9.17, 15) is 18.0 Å². The Morgan fingerprint density at radius 3 is 2.35 bits per heavy atom. The number of carbonyl (C=O) groups excluding carboxylic acids is 1. The molecule has 2 N–H and O–H groups in total. The Bertz CT molecular complexity index is 421. The van der Waals surface area contributed by atoms with Crippen LogP contribution in [0.4, 0.5) is 13.2 Å². The van der Waals surface area contributed by atoms with Crippen LogP contribution >= 0.6 is 0 Å². The van der Waals surface area contributed by atoms with Gasteiger partial charge in [-0.15, -0.1) is 13.2 Å². The van der Waals surface area contributed by atoms with E-state index in [1.165, 1.54) is 26.0 Å². The van der Waals surface area contributed by atoms with Crippen molar-refractivity contribution in [3.8, 4) is 5.75 Å². The van der Waals surface area contributed by atoms with Gasteiger partial charge in [0.25, 0.3) is 0 Å². The van der Waals surface area contributed by atoms with Gasteiger partial charge in [-0.1, -0.05) is 12.1 Å². The van der Waals surface area contributed by atoms with E-state index in [4.69, 9.17) is 5.73 Å². The largest absolute Gasteiger partial charge is 0.573 e. The maximum atomic E-state index is 12.0. The van der Waals surface area contributed by atoms with E-state index >= 15 is 0 Å². The van der Waals surface area contributed by atoms with Crippen molar-refractivity contribution in [2.45, 2.75) is 25.7 Å². The van der Waals surface area contributed by atoms with Gasteiger partial charge in [0.05, 0.1) is 5.54 Å². The van der Waals surface area contributed by atoms with Crippen molar-refractivity contribution in [1.82, 2.24) is 0 Å². The first-order chi connectivity index (χ1) is 7.59. The van der Waals surface area contributed by atoms with Crippen molar-refractivity contribution in [2.75, 3.05) is 0 Å². The Morgan fingerprint density at radius 1 is 1.29 bits per heavy atom. The quantitative estimate of drug-likeness (QED) is 0.835. The fraction of sp³-hybridized carbons (Fsp3) is 0.364. The molecule has 0 spiro atoms. The van der Waals surface area contributed by atoms with Crippen molar-refractivity contribution in [3.63, 3.8) is 0 Å². The van der Waals surface area contributed by atoms with Crippen molar-refractivity contribution < 1.29 is 22.7 Å². The number of hydrogen-bond donors (Lipinski definition) is 1. The summed E-state index contributed by atoms with van der Waals surface area (Å²) >= 11 is 0. The van der Waals surface area contributed by atoms with Gasteiger partial charge in [0.1, 0.15) is 5.75 Å². The topological polar surface area (TPSA) is 52.3 Å². The molecule has 1 rings (SSSR count). The average Bonchev–Trinajstić information content (AvgIpc) is 2.12. The van der Waals surface area contributed by atoms with E-state index in [0.717, 1.165) is 12.1 Å². The summed E-state index contributed by atoms with van der Waals surface area (Å²) in [6.45, 7) is 2.96. The summed E-state index contributed by atoms with van der Waals surface area (Å²) < 4.78 is 39.6. The van der Waals surface area contributed by atoms with Crippen molar-refractivity contribution in [3.05, 3.63) is 29.8 Å². The molecular formula is C11H12F3NO2. The van der Waals surface area contributed by atoms with Gasteiger partial charge in [-0.05, 0) is 26.0 Å². The molecule has 0 bridgehead atoms. The second-order valence-electron chi connectivity index (χ2n) is 4.13. The summed E-state index contributed by atoms with van der Waals surface area (Å²) in [4.78, 5) is 11.7. The second-order valence-corrected chi connectivity index (χ2v) is 4.13. The van der Waals surface area contributed by atoms with Crippen LogP contribution in [0.3, 0.4) is 0 Å². The first-order valence-electron chi connectivity index (χ1n) is 4.79. The normalized spacial score (nSPS) is 12.4. The summed E-state index contributed by atoms with van der Waals surface area (Å²) in [5.74, 6) is -0.891. The number of nitrogens with two attached hydrogens (primary N) is 1. The first-order valence-corrected chi connectivity index (χ1v) is 4.79. The lowest BCUT2D eigenvalue weighted by molar-refractivity contribution is -0.274. The maximum absolute atomic E-state index is 12.0. The standard InChI is InChI=1S/C11H12F3NO2/c1-10(2,15)9(16)7-4-3-5-8(6-7)17-11(12,13)14/h3-6H,15H2,1-2H3. The molecule has 17 heavy (non-hydrogen) atoms. The number of hydrogen-bond acceptors (Lipinski definition) is 3. The van der Waals surface area contributed by atoms with Crippen LogP contribution in [0.5, 0.6) is 5.75 Å². The number of halogens is 3. The summed E-state index contributed by atoms with van der Waals surface area (Å²) in [5, 5.41) is 0. The zero-order chi connectivity index (χ0) is 13.3. The summed E-state index contributed by atoms with van der Waals surface area (Å²) in [6.07, 6.45) is -4.78. The molecule has 0 fully saturated rings. The summed E-state index contributed by atoms with van der Waals surface area (Å²) in [7, 11) is 0. The van der Waals surface area contributed by atoms with E-state index < -0.39 is 23.4 Å². The Morgan fingerprint density at radius 2 is 1.88 bits per heavy atom. The Kier molecular flexibility index (Phi) is 3.47. The fourth-order valence-electron chi connectivity index (χ4n) is 1.21. The Labute approximate surface area is 96.4 Å². The van der Waals surface area contributed by atoms with Gasteiger partial charge in [0.2, 0.25) is 0 Å². The minimum atomic E-state index is -4.78. The first kappa shape index (κ1) is 13.5. The highest BCUT2D eigenvalue weighted by Gasteiger charge is 2.31. The van der Waals surface area contributed by atoms with Gasteiger partial charge >= 0.3 is 6.36 Å². The van der Waals surface area contributed by atoms with Crippen molar-refractivity contribution in [2.24, 2.45) is 5.73 Å². The van der Waals surface area contributed by atoms with Gasteiger partial charge in [0, 0.05) is 5.56 Å². The number of ketones is 1. The predicted molar refractivity (Wildman–Crippen MR) is 55.7 cm³/mol. The number of benzene rings is 1. The number of Topliss-reactive ketones (excluding diaryl/α,β-unsaturated/α-hetero) is 1. The molecule has 6 heteroatoms. The highest BCUT2D eigenvalue weighted by Crippen LogP contribution is 2.24. The number of carbonyl (C=O) groups is 1. The smallest absolute Gasteiger partial charge is 0.406 e. The third-order valence-corrected chi connectivity index (χ3v) is 1.92. The van der Waals surface area contributed by atoms with E-state index in [1.807, 2.05) is 0 Å². The van der Waals surface area contributed by atoms with Crippen LogP contribution in [-0.2, 0) is 0 Å². The van der Waals surface area contributed by atoms with Crippen molar-refractivity contribution >= 4 is 5.78 Å². The molecule has 0 aliphatic heterocycles. The van der Waals surface area contributed by atoms with Gasteiger partial charge in [-0.25, -0.2) is 0 Å². The van der Waals surface area contributed by atoms with E-state index in [1.54, 1.807) is 0 Å². The van der Waals surface area contributed by atoms with Crippen LogP contribution in [0, 0.1) is 0 Å². The lowest BCUT2D eigenvalue weighted by atomic mass is 9.94. The van der Waals surface area contributed by atoms with Gasteiger partial charge in [0.15, 0.2) is 5.78 Å². The highest BCUT2D eigenvalue weighted by atomic mass is 19.4. The molecule has 0 heterocycles. The van der Waals surface area contributed by atoms with Crippen LogP contribution in [0.1, 0.15) is 24.2 Å². The SMILES string of the molecule is CC(C)(N)C(=O)c1cccc(OC(F)(F)F)c1.